The van der Waals surface area contributed by atoms with Crippen LogP contribution in [0.3, 0.4) is 0 Å². The Bertz CT molecular complexity index is 583. The maximum Gasteiger partial charge on any atom is 0.309 e. The van der Waals surface area contributed by atoms with Crippen molar-refractivity contribution < 1.29 is 14.3 Å². The first-order valence-corrected chi connectivity index (χ1v) is 8.82. The van der Waals surface area contributed by atoms with Gasteiger partial charge >= 0.3 is 11.8 Å². The molecule has 0 aliphatic heterocycles. The summed E-state index contributed by atoms with van der Waals surface area (Å²) in [5, 5.41) is 5.61. The molecule has 0 saturated heterocycles. The molecule has 24 heavy (non-hydrogen) atoms. The van der Waals surface area contributed by atoms with Gasteiger partial charge in [0.1, 0.15) is 0 Å². The molecule has 0 heterocycles. The first kappa shape index (κ1) is 17.0. The van der Waals surface area contributed by atoms with Crippen LogP contribution in [-0.4, -0.2) is 37.1 Å². The molecule has 1 saturated carbocycles. The van der Waals surface area contributed by atoms with Crippen LogP contribution in [0.25, 0.3) is 0 Å². The first-order valence-electron chi connectivity index (χ1n) is 8.82. The van der Waals surface area contributed by atoms with Crippen molar-refractivity contribution in [2.45, 2.75) is 56.6 Å². The second-order valence-electron chi connectivity index (χ2n) is 7.00. The Morgan fingerprint density at radius 2 is 1.71 bits per heavy atom. The number of carbonyl (C=O) groups excluding carboxylic acids is 2. The van der Waals surface area contributed by atoms with Crippen molar-refractivity contribution in [2.75, 3.05) is 13.7 Å². The van der Waals surface area contributed by atoms with E-state index in [9.17, 15) is 9.59 Å². The maximum absolute atomic E-state index is 12.1. The van der Waals surface area contributed by atoms with Gasteiger partial charge in [-0.1, -0.05) is 43.5 Å². The summed E-state index contributed by atoms with van der Waals surface area (Å²) in [5.74, 6) is -1.09. The third kappa shape index (κ3) is 3.78. The fourth-order valence-corrected chi connectivity index (χ4v) is 3.82. The molecule has 3 rings (SSSR count). The molecule has 5 heteroatoms. The van der Waals surface area contributed by atoms with Crippen LogP contribution in [0.1, 0.15) is 43.2 Å². The summed E-state index contributed by atoms with van der Waals surface area (Å²) in [6, 6.07) is 8.35. The van der Waals surface area contributed by atoms with Gasteiger partial charge in [-0.25, -0.2) is 0 Å². The minimum atomic E-state index is -0.562. The van der Waals surface area contributed by atoms with Gasteiger partial charge in [-0.3, -0.25) is 9.59 Å². The molecule has 0 radical (unpaired) electrons. The van der Waals surface area contributed by atoms with Crippen molar-refractivity contribution >= 4 is 11.8 Å². The Morgan fingerprint density at radius 1 is 1.08 bits per heavy atom. The fourth-order valence-electron chi connectivity index (χ4n) is 3.82. The minimum Gasteiger partial charge on any atom is -0.376 e. The number of hydrogen-bond donors (Lipinski definition) is 2. The Labute approximate surface area is 143 Å². The van der Waals surface area contributed by atoms with E-state index in [0.717, 1.165) is 38.5 Å². The SMILES string of the molecule is COC1(CNC(=O)C(=O)NC2CCCCC2)Cc2ccccc2C1. The third-order valence-corrected chi connectivity index (χ3v) is 5.29. The normalized spacial score (nSPS) is 19.5. The van der Waals surface area contributed by atoms with Crippen molar-refractivity contribution in [3.05, 3.63) is 35.4 Å². The molecule has 2 aliphatic rings. The summed E-state index contributed by atoms with van der Waals surface area (Å²) >= 11 is 0. The summed E-state index contributed by atoms with van der Waals surface area (Å²) in [6.45, 7) is 0.342. The van der Waals surface area contributed by atoms with Gasteiger partial charge < -0.3 is 15.4 Å². The molecule has 0 atom stereocenters. The first-order chi connectivity index (χ1) is 11.6. The van der Waals surface area contributed by atoms with Gasteiger partial charge in [-0.05, 0) is 24.0 Å². The van der Waals surface area contributed by atoms with E-state index in [1.54, 1.807) is 7.11 Å². The summed E-state index contributed by atoms with van der Waals surface area (Å²) in [5.41, 5.74) is 2.05. The molecule has 0 spiro atoms. The largest absolute Gasteiger partial charge is 0.376 e. The minimum absolute atomic E-state index is 0.143. The van der Waals surface area contributed by atoms with Crippen LogP contribution in [0, 0.1) is 0 Å². The van der Waals surface area contributed by atoms with Crippen LogP contribution < -0.4 is 10.6 Å². The molecule has 1 fully saturated rings. The monoisotopic (exact) mass is 330 g/mol. The lowest BCUT2D eigenvalue weighted by Crippen LogP contribution is -2.50. The van der Waals surface area contributed by atoms with E-state index in [-0.39, 0.29) is 6.04 Å². The highest BCUT2D eigenvalue weighted by Gasteiger charge is 2.38. The molecular formula is C19H26N2O3. The van der Waals surface area contributed by atoms with Crippen LogP contribution in [0.4, 0.5) is 0 Å². The van der Waals surface area contributed by atoms with Crippen molar-refractivity contribution in [1.29, 1.82) is 0 Å². The van der Waals surface area contributed by atoms with E-state index in [4.69, 9.17) is 4.74 Å². The van der Waals surface area contributed by atoms with Gasteiger partial charge in [-0.2, -0.15) is 0 Å². The van der Waals surface area contributed by atoms with Crippen molar-refractivity contribution in [1.82, 2.24) is 10.6 Å². The van der Waals surface area contributed by atoms with E-state index in [0.29, 0.717) is 6.54 Å². The number of rotatable bonds is 4. The molecule has 1 aromatic rings. The number of carbonyl (C=O) groups is 2. The van der Waals surface area contributed by atoms with E-state index in [1.165, 1.54) is 17.5 Å². The molecule has 0 aromatic heterocycles. The lowest BCUT2D eigenvalue weighted by Gasteiger charge is -2.28. The Balaban J connectivity index is 1.52. The highest BCUT2D eigenvalue weighted by Crippen LogP contribution is 2.32. The summed E-state index contributed by atoms with van der Waals surface area (Å²) in [4.78, 5) is 24.2. The van der Waals surface area contributed by atoms with Crippen LogP contribution in [0.15, 0.2) is 24.3 Å². The van der Waals surface area contributed by atoms with Crippen LogP contribution in [-0.2, 0) is 27.2 Å². The molecular weight excluding hydrogens is 304 g/mol. The smallest absolute Gasteiger partial charge is 0.309 e. The standard InChI is InChI=1S/C19H26N2O3/c1-24-19(11-14-7-5-6-8-15(14)12-19)13-20-17(22)18(23)21-16-9-3-2-4-10-16/h5-8,16H,2-4,9-13H2,1H3,(H,20,22)(H,21,23). The van der Waals surface area contributed by atoms with Gasteiger partial charge in [0.25, 0.3) is 0 Å². The second-order valence-corrected chi connectivity index (χ2v) is 7.00. The highest BCUT2D eigenvalue weighted by molar-refractivity contribution is 6.35. The average molecular weight is 330 g/mol. The zero-order chi connectivity index (χ0) is 17.0. The fraction of sp³-hybridized carbons (Fsp3) is 0.579. The van der Waals surface area contributed by atoms with E-state index < -0.39 is 17.4 Å². The van der Waals surface area contributed by atoms with E-state index in [1.807, 2.05) is 12.1 Å². The number of ether oxygens (including phenoxy) is 1. The average Bonchev–Trinajstić information content (AvgIpc) is 2.99. The number of benzene rings is 1. The second kappa shape index (κ2) is 7.34. The highest BCUT2D eigenvalue weighted by atomic mass is 16.5. The van der Waals surface area contributed by atoms with Crippen molar-refractivity contribution in [2.24, 2.45) is 0 Å². The predicted octanol–water partition coefficient (Wildman–Crippen LogP) is 1.74. The van der Waals surface area contributed by atoms with E-state index in [2.05, 4.69) is 22.8 Å². The topological polar surface area (TPSA) is 67.4 Å². The van der Waals surface area contributed by atoms with Crippen LogP contribution in [0.2, 0.25) is 0 Å². The molecule has 130 valence electrons. The zero-order valence-electron chi connectivity index (χ0n) is 14.3. The maximum atomic E-state index is 12.1. The van der Waals surface area contributed by atoms with Crippen LogP contribution in [0.5, 0.6) is 0 Å². The summed E-state index contributed by atoms with van der Waals surface area (Å²) in [7, 11) is 1.67. The lowest BCUT2D eigenvalue weighted by atomic mass is 9.95. The molecule has 2 amide bonds. The van der Waals surface area contributed by atoms with Crippen LogP contribution >= 0.6 is 0 Å². The number of hydrogen-bond acceptors (Lipinski definition) is 3. The quantitative estimate of drug-likeness (QED) is 0.826. The summed E-state index contributed by atoms with van der Waals surface area (Å²) < 4.78 is 5.71. The van der Waals surface area contributed by atoms with Crippen molar-refractivity contribution in [3.63, 3.8) is 0 Å². The van der Waals surface area contributed by atoms with Crippen molar-refractivity contribution in [3.8, 4) is 0 Å². The Kier molecular flexibility index (Phi) is 5.19. The van der Waals surface area contributed by atoms with E-state index >= 15 is 0 Å². The molecule has 2 aliphatic carbocycles. The molecule has 1 aromatic carbocycles. The van der Waals surface area contributed by atoms with Gasteiger partial charge in [-0.15, -0.1) is 0 Å². The van der Waals surface area contributed by atoms with Gasteiger partial charge in [0.2, 0.25) is 0 Å². The number of methoxy groups -OCH3 is 1. The third-order valence-electron chi connectivity index (χ3n) is 5.29. The molecule has 5 nitrogen and oxygen atoms in total. The van der Waals surface area contributed by atoms with Gasteiger partial charge in [0, 0.05) is 32.5 Å². The Hall–Kier alpha value is -1.88. The zero-order valence-corrected chi connectivity index (χ0v) is 14.3. The van der Waals surface area contributed by atoms with Gasteiger partial charge in [0.15, 0.2) is 0 Å². The summed E-state index contributed by atoms with van der Waals surface area (Å²) in [6.07, 6.45) is 6.91. The number of fused-ring (bicyclic) bond motifs is 1. The number of amides is 2. The Morgan fingerprint density at radius 3 is 2.29 bits per heavy atom. The lowest BCUT2D eigenvalue weighted by molar-refractivity contribution is -0.140. The molecule has 2 N–H and O–H groups in total. The van der Waals surface area contributed by atoms with Gasteiger partial charge in [0.05, 0.1) is 5.60 Å². The number of nitrogens with one attached hydrogen (secondary N) is 2. The predicted molar refractivity (Wildman–Crippen MR) is 91.6 cm³/mol. The molecule has 0 unspecified atom stereocenters. The molecule has 0 bridgehead atoms.